The van der Waals surface area contributed by atoms with Crippen LogP contribution in [-0.4, -0.2) is 56.6 Å². The summed E-state index contributed by atoms with van der Waals surface area (Å²) >= 11 is 0. The van der Waals surface area contributed by atoms with E-state index in [1.54, 1.807) is 7.11 Å². The van der Waals surface area contributed by atoms with Gasteiger partial charge in [-0.3, -0.25) is 4.90 Å². The summed E-state index contributed by atoms with van der Waals surface area (Å²) < 4.78 is 17.0. The van der Waals surface area contributed by atoms with Crippen LogP contribution in [0.3, 0.4) is 0 Å². The third-order valence-electron chi connectivity index (χ3n) is 6.37. The second kappa shape index (κ2) is 10.8. The van der Waals surface area contributed by atoms with Crippen molar-refractivity contribution in [1.29, 1.82) is 0 Å². The summed E-state index contributed by atoms with van der Waals surface area (Å²) in [6.45, 7) is 6.35. The van der Waals surface area contributed by atoms with Gasteiger partial charge in [0, 0.05) is 31.1 Å². The Balaban J connectivity index is 1.87. The Kier molecular flexibility index (Phi) is 7.65. The lowest BCUT2D eigenvalue weighted by Gasteiger charge is -2.41. The summed E-state index contributed by atoms with van der Waals surface area (Å²) in [7, 11) is 1.65. The van der Waals surface area contributed by atoms with Crippen LogP contribution in [0.5, 0.6) is 11.5 Å². The molecular formula is C28H33NO4. The molecule has 0 unspecified atom stereocenters. The number of rotatable bonds is 9. The molecule has 5 heteroatoms. The van der Waals surface area contributed by atoms with Crippen LogP contribution in [0.4, 0.5) is 0 Å². The summed E-state index contributed by atoms with van der Waals surface area (Å²) in [6.07, 6.45) is 0. The van der Waals surface area contributed by atoms with Gasteiger partial charge < -0.3 is 19.3 Å². The van der Waals surface area contributed by atoms with Crippen LogP contribution in [0.2, 0.25) is 0 Å². The van der Waals surface area contributed by atoms with Gasteiger partial charge in [0.2, 0.25) is 0 Å². The number of methoxy groups -OCH3 is 1. The first-order chi connectivity index (χ1) is 16.2. The number of nitrogens with zero attached hydrogens (tertiary/aromatic N) is 1. The quantitative estimate of drug-likeness (QED) is 0.525. The molecule has 1 saturated heterocycles. The van der Waals surface area contributed by atoms with E-state index < -0.39 is 5.60 Å². The second-order valence-corrected chi connectivity index (χ2v) is 8.30. The van der Waals surface area contributed by atoms with E-state index in [0.29, 0.717) is 32.1 Å². The molecule has 0 saturated carbocycles. The van der Waals surface area contributed by atoms with E-state index in [0.717, 1.165) is 35.5 Å². The first-order valence-corrected chi connectivity index (χ1v) is 11.6. The zero-order valence-corrected chi connectivity index (χ0v) is 19.4. The van der Waals surface area contributed by atoms with Crippen molar-refractivity contribution in [3.05, 3.63) is 95.6 Å². The maximum atomic E-state index is 12.8. The normalized spacial score (nSPS) is 17.2. The largest absolute Gasteiger partial charge is 0.496 e. The predicted octanol–water partition coefficient (Wildman–Crippen LogP) is 4.45. The van der Waals surface area contributed by atoms with Gasteiger partial charge in [0.25, 0.3) is 0 Å². The molecule has 0 amide bonds. The van der Waals surface area contributed by atoms with E-state index in [9.17, 15) is 5.11 Å². The van der Waals surface area contributed by atoms with E-state index in [1.165, 1.54) is 0 Å². The number of para-hydroxylation sites is 1. The van der Waals surface area contributed by atoms with Crippen molar-refractivity contribution in [2.45, 2.75) is 18.4 Å². The number of ether oxygens (including phenoxy) is 3. The minimum atomic E-state index is -1.32. The molecular weight excluding hydrogens is 414 g/mol. The molecule has 2 atom stereocenters. The van der Waals surface area contributed by atoms with Crippen LogP contribution in [-0.2, 0) is 10.3 Å². The molecule has 4 rings (SSSR count). The summed E-state index contributed by atoms with van der Waals surface area (Å²) in [5.41, 5.74) is 1.31. The molecule has 1 fully saturated rings. The summed E-state index contributed by atoms with van der Waals surface area (Å²) in [5.74, 6) is 1.22. The van der Waals surface area contributed by atoms with Crippen molar-refractivity contribution in [3.8, 4) is 11.5 Å². The lowest BCUT2D eigenvalue weighted by Crippen LogP contribution is -2.45. The summed E-state index contributed by atoms with van der Waals surface area (Å²) in [6, 6.07) is 25.8. The lowest BCUT2D eigenvalue weighted by atomic mass is 9.72. The minimum Gasteiger partial charge on any atom is -0.496 e. The molecule has 3 aromatic carbocycles. The van der Waals surface area contributed by atoms with Crippen LogP contribution in [0.1, 0.15) is 29.5 Å². The van der Waals surface area contributed by atoms with Crippen molar-refractivity contribution in [1.82, 2.24) is 4.90 Å². The van der Waals surface area contributed by atoms with Crippen molar-refractivity contribution < 1.29 is 19.3 Å². The van der Waals surface area contributed by atoms with Crippen LogP contribution in [0.25, 0.3) is 0 Å². The molecule has 33 heavy (non-hydrogen) atoms. The van der Waals surface area contributed by atoms with Crippen LogP contribution >= 0.6 is 0 Å². The Morgan fingerprint density at radius 2 is 1.61 bits per heavy atom. The van der Waals surface area contributed by atoms with E-state index >= 15 is 0 Å². The SMILES string of the molecule is CCOc1ccc([C@@](O)(c2ccccc2OC)[C@H](CN2CCOCC2)c2ccccc2)cc1. The molecule has 1 N–H and O–H groups in total. The molecule has 0 radical (unpaired) electrons. The second-order valence-electron chi connectivity index (χ2n) is 8.30. The molecule has 3 aromatic rings. The molecule has 174 valence electrons. The average molecular weight is 448 g/mol. The molecule has 1 aliphatic rings. The number of morpholine rings is 1. The molecule has 0 aromatic heterocycles. The van der Waals surface area contributed by atoms with Crippen LogP contribution < -0.4 is 9.47 Å². The maximum Gasteiger partial charge on any atom is 0.126 e. The monoisotopic (exact) mass is 447 g/mol. The van der Waals surface area contributed by atoms with E-state index in [4.69, 9.17) is 14.2 Å². The highest BCUT2D eigenvalue weighted by Crippen LogP contribution is 2.46. The van der Waals surface area contributed by atoms with Crippen LogP contribution in [0, 0.1) is 0 Å². The maximum absolute atomic E-state index is 12.8. The Morgan fingerprint density at radius 1 is 0.939 bits per heavy atom. The van der Waals surface area contributed by atoms with Gasteiger partial charge in [-0.2, -0.15) is 0 Å². The van der Waals surface area contributed by atoms with Gasteiger partial charge in [0.05, 0.1) is 26.9 Å². The lowest BCUT2D eigenvalue weighted by molar-refractivity contribution is -0.000152. The van der Waals surface area contributed by atoms with Crippen molar-refractivity contribution in [2.24, 2.45) is 0 Å². The first-order valence-electron chi connectivity index (χ1n) is 11.6. The van der Waals surface area contributed by atoms with Crippen molar-refractivity contribution >= 4 is 0 Å². The number of hydrogen-bond donors (Lipinski definition) is 1. The Hall–Kier alpha value is -2.86. The topological polar surface area (TPSA) is 51.2 Å². The van der Waals surface area contributed by atoms with Gasteiger partial charge in [-0.15, -0.1) is 0 Å². The molecule has 0 bridgehead atoms. The van der Waals surface area contributed by atoms with Crippen molar-refractivity contribution in [3.63, 3.8) is 0 Å². The van der Waals surface area contributed by atoms with Gasteiger partial charge in [-0.05, 0) is 36.2 Å². The smallest absolute Gasteiger partial charge is 0.126 e. The third kappa shape index (κ3) is 5.06. The van der Waals surface area contributed by atoms with Gasteiger partial charge >= 0.3 is 0 Å². The van der Waals surface area contributed by atoms with Gasteiger partial charge in [0.15, 0.2) is 0 Å². The average Bonchev–Trinajstić information content (AvgIpc) is 2.88. The molecule has 0 spiro atoms. The number of aliphatic hydroxyl groups is 1. The zero-order valence-electron chi connectivity index (χ0n) is 19.4. The fraction of sp³-hybridized carbons (Fsp3) is 0.357. The van der Waals surface area contributed by atoms with E-state index in [2.05, 4.69) is 17.0 Å². The van der Waals surface area contributed by atoms with Crippen molar-refractivity contribution in [2.75, 3.05) is 46.6 Å². The highest BCUT2D eigenvalue weighted by molar-refractivity contribution is 5.49. The zero-order chi connectivity index (χ0) is 23.1. The first kappa shape index (κ1) is 23.3. The number of benzene rings is 3. The van der Waals surface area contributed by atoms with E-state index in [-0.39, 0.29) is 5.92 Å². The highest BCUT2D eigenvalue weighted by atomic mass is 16.5. The Labute approximate surface area is 196 Å². The molecule has 5 nitrogen and oxygen atoms in total. The highest BCUT2D eigenvalue weighted by Gasteiger charge is 2.44. The predicted molar refractivity (Wildman–Crippen MR) is 130 cm³/mol. The summed E-state index contributed by atoms with van der Waals surface area (Å²) in [4.78, 5) is 2.37. The van der Waals surface area contributed by atoms with E-state index in [1.807, 2.05) is 73.7 Å². The Bertz CT molecular complexity index is 1000. The third-order valence-corrected chi connectivity index (χ3v) is 6.37. The molecule has 1 aliphatic heterocycles. The molecule has 1 heterocycles. The van der Waals surface area contributed by atoms with Gasteiger partial charge in [0.1, 0.15) is 17.1 Å². The Morgan fingerprint density at radius 3 is 2.27 bits per heavy atom. The standard InChI is InChI=1S/C28H33NO4/c1-3-33-24-15-13-23(14-16-24)28(30,25-11-7-8-12-27(25)31-2)26(22-9-5-4-6-10-22)21-29-17-19-32-20-18-29/h4-16,26,30H,3,17-21H2,1-2H3/t26-,28-/m1/s1. The number of hydrogen-bond acceptors (Lipinski definition) is 5. The summed E-state index contributed by atoms with van der Waals surface area (Å²) in [5, 5.41) is 12.8. The fourth-order valence-corrected chi connectivity index (χ4v) is 4.68. The fourth-order valence-electron chi connectivity index (χ4n) is 4.68. The molecule has 0 aliphatic carbocycles. The van der Waals surface area contributed by atoms with Crippen LogP contribution in [0.15, 0.2) is 78.9 Å². The minimum absolute atomic E-state index is 0.231. The van der Waals surface area contributed by atoms with Gasteiger partial charge in [-0.25, -0.2) is 0 Å². The van der Waals surface area contributed by atoms with Gasteiger partial charge in [-0.1, -0.05) is 60.7 Å².